The molecule has 1 aromatic carbocycles. The normalized spacial score (nSPS) is 15.4. The molecule has 0 spiro atoms. The highest BCUT2D eigenvalue weighted by Crippen LogP contribution is 2.21. The predicted molar refractivity (Wildman–Crippen MR) is 97.7 cm³/mol. The van der Waals surface area contributed by atoms with Gasteiger partial charge in [0.1, 0.15) is 0 Å². The van der Waals surface area contributed by atoms with Crippen molar-refractivity contribution < 1.29 is 0 Å². The summed E-state index contributed by atoms with van der Waals surface area (Å²) in [5, 5.41) is 3.39. The quantitative estimate of drug-likeness (QED) is 0.491. The van der Waals surface area contributed by atoms with Gasteiger partial charge in [-0.1, -0.05) is 43.3 Å². The third-order valence-electron chi connectivity index (χ3n) is 3.40. The van der Waals surface area contributed by atoms with Gasteiger partial charge in [-0.3, -0.25) is 4.99 Å². The standard InChI is InChI=1S/C16H23N3.HI/c1-3-11-18-16(17-2)19-12-9-15(10-13-19)14-7-5-4-6-8-14;/h4-9H,3,10-13H2,1-2H3,(H,17,18);1H. The van der Waals surface area contributed by atoms with Crippen LogP contribution in [0.4, 0.5) is 0 Å². The van der Waals surface area contributed by atoms with Crippen LogP contribution in [0.2, 0.25) is 0 Å². The van der Waals surface area contributed by atoms with Crippen molar-refractivity contribution in [1.29, 1.82) is 0 Å². The summed E-state index contributed by atoms with van der Waals surface area (Å²) in [7, 11) is 1.86. The second-order valence-corrected chi connectivity index (χ2v) is 4.77. The van der Waals surface area contributed by atoms with Gasteiger partial charge in [-0.2, -0.15) is 0 Å². The van der Waals surface area contributed by atoms with Gasteiger partial charge in [0.2, 0.25) is 0 Å². The maximum atomic E-state index is 4.35. The summed E-state index contributed by atoms with van der Waals surface area (Å²) >= 11 is 0. The minimum absolute atomic E-state index is 0. The first-order valence-electron chi connectivity index (χ1n) is 7.05. The molecule has 1 aromatic rings. The Bertz CT molecular complexity index is 454. The number of aliphatic imine (C=N–C) groups is 1. The van der Waals surface area contributed by atoms with Crippen molar-refractivity contribution in [3.05, 3.63) is 42.0 Å². The van der Waals surface area contributed by atoms with Crippen LogP contribution in [-0.2, 0) is 0 Å². The molecule has 0 saturated heterocycles. The largest absolute Gasteiger partial charge is 0.356 e. The molecule has 110 valence electrons. The highest BCUT2D eigenvalue weighted by atomic mass is 127. The van der Waals surface area contributed by atoms with Crippen molar-refractivity contribution in [3.8, 4) is 0 Å². The number of benzene rings is 1. The van der Waals surface area contributed by atoms with E-state index < -0.39 is 0 Å². The third kappa shape index (κ3) is 4.51. The summed E-state index contributed by atoms with van der Waals surface area (Å²) in [6, 6.07) is 10.6. The van der Waals surface area contributed by atoms with Gasteiger partial charge >= 0.3 is 0 Å². The lowest BCUT2D eigenvalue weighted by Gasteiger charge is -2.29. The number of nitrogens with zero attached hydrogens (tertiary/aromatic N) is 2. The Balaban J connectivity index is 0.00000200. The molecule has 1 heterocycles. The third-order valence-corrected chi connectivity index (χ3v) is 3.40. The highest BCUT2D eigenvalue weighted by Gasteiger charge is 2.15. The summed E-state index contributed by atoms with van der Waals surface area (Å²) in [5.41, 5.74) is 2.79. The molecule has 2 rings (SSSR count). The molecule has 0 radical (unpaired) electrons. The zero-order valence-electron chi connectivity index (χ0n) is 12.3. The Morgan fingerprint density at radius 3 is 2.60 bits per heavy atom. The van der Waals surface area contributed by atoms with Gasteiger partial charge < -0.3 is 10.2 Å². The van der Waals surface area contributed by atoms with Gasteiger partial charge in [0.05, 0.1) is 0 Å². The smallest absolute Gasteiger partial charge is 0.193 e. The number of nitrogens with one attached hydrogen (secondary N) is 1. The first-order valence-corrected chi connectivity index (χ1v) is 7.05. The van der Waals surface area contributed by atoms with E-state index in [4.69, 9.17) is 0 Å². The predicted octanol–water partition coefficient (Wildman–Crippen LogP) is 3.38. The first-order chi connectivity index (χ1) is 9.35. The van der Waals surface area contributed by atoms with Crippen LogP contribution in [0, 0.1) is 0 Å². The van der Waals surface area contributed by atoms with E-state index in [0.29, 0.717) is 0 Å². The van der Waals surface area contributed by atoms with Crippen molar-refractivity contribution in [1.82, 2.24) is 10.2 Å². The number of hydrogen-bond acceptors (Lipinski definition) is 1. The van der Waals surface area contributed by atoms with E-state index in [9.17, 15) is 0 Å². The topological polar surface area (TPSA) is 27.6 Å². The van der Waals surface area contributed by atoms with E-state index in [1.54, 1.807) is 0 Å². The fourth-order valence-electron chi connectivity index (χ4n) is 2.35. The van der Waals surface area contributed by atoms with Gasteiger partial charge in [-0.15, -0.1) is 24.0 Å². The molecule has 0 unspecified atom stereocenters. The molecule has 0 amide bonds. The molecule has 20 heavy (non-hydrogen) atoms. The molecular weight excluding hydrogens is 361 g/mol. The van der Waals surface area contributed by atoms with Crippen LogP contribution in [0.25, 0.3) is 5.57 Å². The molecule has 0 atom stereocenters. The van der Waals surface area contributed by atoms with Crippen LogP contribution in [0.15, 0.2) is 41.4 Å². The molecule has 3 nitrogen and oxygen atoms in total. The van der Waals surface area contributed by atoms with Gasteiger partial charge in [-0.05, 0) is 24.0 Å². The van der Waals surface area contributed by atoms with Crippen LogP contribution in [0.1, 0.15) is 25.3 Å². The van der Waals surface area contributed by atoms with E-state index >= 15 is 0 Å². The summed E-state index contributed by atoms with van der Waals surface area (Å²) < 4.78 is 0. The maximum absolute atomic E-state index is 4.35. The molecule has 0 aliphatic carbocycles. The van der Waals surface area contributed by atoms with Crippen LogP contribution in [0.3, 0.4) is 0 Å². The summed E-state index contributed by atoms with van der Waals surface area (Å²) in [5.74, 6) is 1.02. The average Bonchev–Trinajstić information content (AvgIpc) is 2.49. The minimum Gasteiger partial charge on any atom is -0.356 e. The van der Waals surface area contributed by atoms with E-state index in [1.165, 1.54) is 11.1 Å². The molecule has 4 heteroatoms. The number of rotatable bonds is 3. The minimum atomic E-state index is 0. The first kappa shape index (κ1) is 17.0. The van der Waals surface area contributed by atoms with Crippen molar-refractivity contribution >= 4 is 35.5 Å². The van der Waals surface area contributed by atoms with Gasteiger partial charge in [-0.25, -0.2) is 0 Å². The Labute approximate surface area is 139 Å². The van der Waals surface area contributed by atoms with Gasteiger partial charge in [0, 0.05) is 26.7 Å². The monoisotopic (exact) mass is 385 g/mol. The summed E-state index contributed by atoms with van der Waals surface area (Å²) in [4.78, 5) is 6.66. The molecule has 0 saturated carbocycles. The Hall–Kier alpha value is -1.04. The van der Waals surface area contributed by atoms with Crippen molar-refractivity contribution in [2.24, 2.45) is 4.99 Å². The number of guanidine groups is 1. The lowest BCUT2D eigenvalue weighted by atomic mass is 10.00. The van der Waals surface area contributed by atoms with E-state index in [-0.39, 0.29) is 24.0 Å². The van der Waals surface area contributed by atoms with Crippen LogP contribution >= 0.6 is 24.0 Å². The average molecular weight is 385 g/mol. The molecule has 1 N–H and O–H groups in total. The molecular formula is C16H24IN3. The van der Waals surface area contributed by atoms with Crippen molar-refractivity contribution in [2.45, 2.75) is 19.8 Å². The van der Waals surface area contributed by atoms with E-state index in [0.717, 1.165) is 38.4 Å². The number of halogens is 1. The van der Waals surface area contributed by atoms with Crippen LogP contribution in [0.5, 0.6) is 0 Å². The maximum Gasteiger partial charge on any atom is 0.193 e. The molecule has 0 bridgehead atoms. The second kappa shape index (κ2) is 9.00. The summed E-state index contributed by atoms with van der Waals surface area (Å²) in [6.07, 6.45) is 4.52. The highest BCUT2D eigenvalue weighted by molar-refractivity contribution is 14.0. The van der Waals surface area contributed by atoms with Crippen molar-refractivity contribution in [2.75, 3.05) is 26.7 Å². The Morgan fingerprint density at radius 2 is 2.05 bits per heavy atom. The van der Waals surface area contributed by atoms with Gasteiger partial charge in [0.15, 0.2) is 5.96 Å². The molecule has 1 aliphatic rings. The fraction of sp³-hybridized carbons (Fsp3) is 0.438. The zero-order chi connectivity index (χ0) is 13.5. The molecule has 0 aromatic heterocycles. The van der Waals surface area contributed by atoms with Crippen LogP contribution < -0.4 is 5.32 Å². The fourth-order valence-corrected chi connectivity index (χ4v) is 2.35. The van der Waals surface area contributed by atoms with Crippen molar-refractivity contribution in [3.63, 3.8) is 0 Å². The lowest BCUT2D eigenvalue weighted by molar-refractivity contribution is 0.440. The Morgan fingerprint density at radius 1 is 1.30 bits per heavy atom. The van der Waals surface area contributed by atoms with Crippen LogP contribution in [-0.4, -0.2) is 37.5 Å². The number of hydrogen-bond donors (Lipinski definition) is 1. The molecule has 0 fully saturated rings. The van der Waals surface area contributed by atoms with E-state index in [2.05, 4.69) is 58.5 Å². The Kier molecular flexibility index (Phi) is 7.65. The summed E-state index contributed by atoms with van der Waals surface area (Å²) in [6.45, 7) is 5.13. The second-order valence-electron chi connectivity index (χ2n) is 4.77. The zero-order valence-corrected chi connectivity index (χ0v) is 14.6. The van der Waals surface area contributed by atoms with E-state index in [1.807, 2.05) is 7.05 Å². The lowest BCUT2D eigenvalue weighted by Crippen LogP contribution is -2.43. The van der Waals surface area contributed by atoms with Gasteiger partial charge in [0.25, 0.3) is 0 Å². The SMILES string of the molecule is CCCNC(=NC)N1CC=C(c2ccccc2)CC1.I. The molecule has 1 aliphatic heterocycles.